The lowest BCUT2D eigenvalue weighted by atomic mass is 9.92. The van der Waals surface area contributed by atoms with E-state index in [2.05, 4.69) is 45.4 Å². The summed E-state index contributed by atoms with van der Waals surface area (Å²) in [6, 6.07) is 0. The van der Waals surface area contributed by atoms with E-state index in [-0.39, 0.29) is 5.91 Å². The molecule has 2 heterocycles. The van der Waals surface area contributed by atoms with E-state index in [1.54, 1.807) is 0 Å². The molecule has 3 aliphatic rings. The molecule has 0 saturated carbocycles. The number of rotatable bonds is 5. The molecule has 0 unspecified atom stereocenters. The molecule has 0 radical (unpaired) electrons. The van der Waals surface area contributed by atoms with Crippen LogP contribution in [0.15, 0.2) is 35.4 Å². The van der Waals surface area contributed by atoms with Crippen LogP contribution < -0.4 is 5.32 Å². The molecular formula is C23H29ClN4O. The Morgan fingerprint density at radius 3 is 2.83 bits per heavy atom. The first kappa shape index (κ1) is 20.2. The van der Waals surface area contributed by atoms with Gasteiger partial charge in [-0.2, -0.15) is 0 Å². The van der Waals surface area contributed by atoms with Gasteiger partial charge in [0.2, 0.25) is 0 Å². The Balaban J connectivity index is 1.51. The lowest BCUT2D eigenvalue weighted by molar-refractivity contribution is 0.0936. The van der Waals surface area contributed by atoms with Crippen LogP contribution in [-0.4, -0.2) is 67.0 Å². The molecule has 0 atom stereocenters. The number of carbonyl (C=O) groups excluding carboxylic acids is 1. The van der Waals surface area contributed by atoms with Gasteiger partial charge in [-0.15, -0.1) is 0 Å². The second-order valence-corrected chi connectivity index (χ2v) is 8.39. The summed E-state index contributed by atoms with van der Waals surface area (Å²) in [4.78, 5) is 21.2. The van der Waals surface area contributed by atoms with E-state index in [9.17, 15) is 4.79 Å². The normalized spacial score (nSPS) is 20.1. The molecule has 5 nitrogen and oxygen atoms in total. The first-order valence-electron chi connectivity index (χ1n) is 10.5. The molecule has 2 N–H and O–H groups in total. The minimum Gasteiger partial charge on any atom is -0.350 e. The number of nitrogens with one attached hydrogen (secondary N) is 2. The van der Waals surface area contributed by atoms with E-state index in [0.29, 0.717) is 12.2 Å². The third-order valence-corrected chi connectivity index (χ3v) is 6.20. The summed E-state index contributed by atoms with van der Waals surface area (Å²) in [7, 11) is 2.15. The molecule has 0 aromatic carbocycles. The van der Waals surface area contributed by atoms with Gasteiger partial charge in [0, 0.05) is 55.6 Å². The van der Waals surface area contributed by atoms with Crippen LogP contribution in [0.3, 0.4) is 0 Å². The van der Waals surface area contributed by atoms with Crippen LogP contribution in [0.25, 0.3) is 11.6 Å². The molecule has 29 heavy (non-hydrogen) atoms. The molecule has 4 rings (SSSR count). The van der Waals surface area contributed by atoms with Crippen molar-refractivity contribution in [1.29, 1.82) is 0 Å². The van der Waals surface area contributed by atoms with Crippen molar-refractivity contribution >= 4 is 29.2 Å². The number of halogens is 1. The minimum atomic E-state index is -0.0267. The van der Waals surface area contributed by atoms with Crippen LogP contribution in [0, 0.1) is 0 Å². The van der Waals surface area contributed by atoms with E-state index in [1.807, 2.05) is 18.2 Å². The highest BCUT2D eigenvalue weighted by Crippen LogP contribution is 2.34. The van der Waals surface area contributed by atoms with E-state index < -0.39 is 0 Å². The maximum atomic E-state index is 13.1. The number of amides is 1. The second kappa shape index (κ2) is 9.16. The average Bonchev–Trinajstić information content (AvgIpc) is 3.01. The van der Waals surface area contributed by atoms with Crippen molar-refractivity contribution in [1.82, 2.24) is 20.1 Å². The number of fused-ring (bicyclic) bond motifs is 1. The Bertz CT molecular complexity index is 885. The van der Waals surface area contributed by atoms with Crippen LogP contribution >= 0.6 is 11.6 Å². The van der Waals surface area contributed by atoms with Gasteiger partial charge in [0.05, 0.1) is 0 Å². The fourth-order valence-electron chi connectivity index (χ4n) is 4.17. The van der Waals surface area contributed by atoms with Crippen molar-refractivity contribution in [3.63, 3.8) is 0 Å². The Kier molecular flexibility index (Phi) is 6.38. The van der Waals surface area contributed by atoms with Gasteiger partial charge in [0.1, 0.15) is 5.69 Å². The largest absolute Gasteiger partial charge is 0.350 e. The van der Waals surface area contributed by atoms with Gasteiger partial charge in [-0.25, -0.2) is 0 Å². The van der Waals surface area contributed by atoms with Crippen molar-refractivity contribution in [2.75, 3.05) is 46.3 Å². The number of aromatic nitrogens is 1. The molecule has 1 fully saturated rings. The molecule has 1 aromatic rings. The number of hydrogen-bond acceptors (Lipinski definition) is 3. The molecule has 2 aliphatic carbocycles. The summed E-state index contributed by atoms with van der Waals surface area (Å²) in [5.41, 5.74) is 5.07. The standard InChI is InChI=1S/C23H29ClN4O/c1-27-13-15-28(16-14-27)12-11-25-23(29)22-21(17-5-3-2-4-6-17)19-9-7-18(24)8-10-20(19)26-22/h2-3,5,7-8,10,26H,4,6,9,11-16H2,1H3,(H,25,29). The zero-order valence-corrected chi connectivity index (χ0v) is 17.8. The summed E-state index contributed by atoms with van der Waals surface area (Å²) in [5, 5.41) is 3.87. The Morgan fingerprint density at radius 2 is 2.07 bits per heavy atom. The van der Waals surface area contributed by atoms with Gasteiger partial charge in [0.15, 0.2) is 0 Å². The molecule has 154 valence electrons. The summed E-state index contributed by atoms with van der Waals surface area (Å²) >= 11 is 6.21. The number of likely N-dealkylation sites (N-methyl/N-ethyl adjacent to an activating group) is 1. The number of aromatic amines is 1. The van der Waals surface area contributed by atoms with Crippen molar-refractivity contribution in [2.45, 2.75) is 19.3 Å². The molecule has 1 amide bonds. The monoisotopic (exact) mass is 412 g/mol. The zero-order valence-electron chi connectivity index (χ0n) is 17.0. The van der Waals surface area contributed by atoms with Crippen LogP contribution in [-0.2, 0) is 6.42 Å². The number of nitrogens with zero attached hydrogens (tertiary/aromatic N) is 2. The van der Waals surface area contributed by atoms with E-state index in [0.717, 1.165) is 73.8 Å². The van der Waals surface area contributed by atoms with Crippen molar-refractivity contribution in [3.8, 4) is 0 Å². The zero-order chi connectivity index (χ0) is 20.2. The van der Waals surface area contributed by atoms with Gasteiger partial charge < -0.3 is 15.2 Å². The third kappa shape index (κ3) is 4.74. The van der Waals surface area contributed by atoms with Gasteiger partial charge in [-0.3, -0.25) is 9.69 Å². The second-order valence-electron chi connectivity index (χ2n) is 7.95. The summed E-state index contributed by atoms with van der Waals surface area (Å²) in [5.74, 6) is -0.0267. The van der Waals surface area contributed by atoms with Gasteiger partial charge in [-0.1, -0.05) is 35.9 Å². The molecule has 1 saturated heterocycles. The Hall–Kier alpha value is -2.08. The van der Waals surface area contributed by atoms with Gasteiger partial charge in [0.25, 0.3) is 5.91 Å². The maximum Gasteiger partial charge on any atom is 0.268 e. The SMILES string of the molecule is CN1CCN(CCNC(=O)c2[nH]c3c(c2C2=CC=CCC2)CC=C(Cl)C=C3)CC1. The first-order valence-corrected chi connectivity index (χ1v) is 10.8. The lowest BCUT2D eigenvalue weighted by Gasteiger charge is -2.32. The predicted molar refractivity (Wildman–Crippen MR) is 120 cm³/mol. The fraction of sp³-hybridized carbons (Fsp3) is 0.435. The van der Waals surface area contributed by atoms with E-state index >= 15 is 0 Å². The molecule has 1 aromatic heterocycles. The third-order valence-electron chi connectivity index (χ3n) is 5.92. The number of allylic oxidation sites excluding steroid dienone is 7. The van der Waals surface area contributed by atoms with Crippen LogP contribution in [0.4, 0.5) is 0 Å². The minimum absolute atomic E-state index is 0.0267. The molecule has 1 aliphatic heterocycles. The lowest BCUT2D eigenvalue weighted by Crippen LogP contribution is -2.47. The number of carbonyl (C=O) groups is 1. The number of H-pyrrole nitrogens is 1. The van der Waals surface area contributed by atoms with Gasteiger partial charge in [-0.05, 0) is 49.6 Å². The highest BCUT2D eigenvalue weighted by molar-refractivity contribution is 6.31. The van der Waals surface area contributed by atoms with Crippen LogP contribution in [0.2, 0.25) is 0 Å². The number of piperazine rings is 1. The Labute approximate surface area is 177 Å². The summed E-state index contributed by atoms with van der Waals surface area (Å²) in [6.07, 6.45) is 14.9. The van der Waals surface area contributed by atoms with E-state index in [1.165, 1.54) is 5.57 Å². The summed E-state index contributed by atoms with van der Waals surface area (Å²) < 4.78 is 0. The smallest absolute Gasteiger partial charge is 0.268 e. The highest BCUT2D eigenvalue weighted by Gasteiger charge is 2.24. The number of hydrogen-bond donors (Lipinski definition) is 2. The van der Waals surface area contributed by atoms with Gasteiger partial charge >= 0.3 is 0 Å². The predicted octanol–water partition coefficient (Wildman–Crippen LogP) is 3.42. The molecule has 0 spiro atoms. The quantitative estimate of drug-likeness (QED) is 0.779. The molecule has 0 bridgehead atoms. The van der Waals surface area contributed by atoms with Crippen LogP contribution in [0.5, 0.6) is 0 Å². The fourth-order valence-corrected chi connectivity index (χ4v) is 4.31. The van der Waals surface area contributed by atoms with Crippen molar-refractivity contribution in [3.05, 3.63) is 57.9 Å². The molecule has 6 heteroatoms. The Morgan fingerprint density at radius 1 is 1.24 bits per heavy atom. The first-order chi connectivity index (χ1) is 14.1. The van der Waals surface area contributed by atoms with Crippen LogP contribution in [0.1, 0.15) is 40.2 Å². The maximum absolute atomic E-state index is 13.1. The average molecular weight is 413 g/mol. The highest BCUT2D eigenvalue weighted by atomic mass is 35.5. The van der Waals surface area contributed by atoms with Crippen molar-refractivity contribution < 1.29 is 4.79 Å². The molecular weight excluding hydrogens is 384 g/mol. The van der Waals surface area contributed by atoms with E-state index in [4.69, 9.17) is 11.6 Å². The van der Waals surface area contributed by atoms with Crippen molar-refractivity contribution in [2.24, 2.45) is 0 Å². The topological polar surface area (TPSA) is 51.4 Å². The summed E-state index contributed by atoms with van der Waals surface area (Å²) in [6.45, 7) is 5.85.